The Balaban J connectivity index is 2.61. The summed E-state index contributed by atoms with van der Waals surface area (Å²) < 4.78 is 1.39. The monoisotopic (exact) mass is 276 g/mol. The minimum absolute atomic E-state index is 0.115. The molecule has 8 heteroatoms. The first-order chi connectivity index (χ1) is 9.32. The van der Waals surface area contributed by atoms with E-state index >= 15 is 0 Å². The van der Waals surface area contributed by atoms with E-state index in [2.05, 4.69) is 10.1 Å². The zero-order valence-electron chi connectivity index (χ0n) is 11.1. The molecule has 0 unspecified atom stereocenters. The van der Waals surface area contributed by atoms with Crippen LogP contribution in [0.3, 0.4) is 0 Å². The van der Waals surface area contributed by atoms with Crippen molar-refractivity contribution in [2.75, 3.05) is 0 Å². The topological polar surface area (TPSA) is 111 Å². The van der Waals surface area contributed by atoms with Gasteiger partial charge in [-0.2, -0.15) is 5.10 Å². The lowest BCUT2D eigenvalue weighted by molar-refractivity contribution is -0.385. The number of hydrogen-bond acceptors (Lipinski definition) is 5. The molecule has 0 aromatic carbocycles. The van der Waals surface area contributed by atoms with Crippen LogP contribution in [0.1, 0.15) is 27.3 Å². The van der Waals surface area contributed by atoms with E-state index in [4.69, 9.17) is 5.11 Å². The van der Waals surface area contributed by atoms with Crippen LogP contribution in [0.25, 0.3) is 5.82 Å². The summed E-state index contributed by atoms with van der Waals surface area (Å²) in [4.78, 5) is 25.3. The highest BCUT2D eigenvalue weighted by molar-refractivity contribution is 5.90. The molecule has 8 nitrogen and oxygen atoms in total. The fraction of sp³-hybridized carbons (Fsp3) is 0.250. The van der Waals surface area contributed by atoms with E-state index in [1.807, 2.05) is 0 Å². The first-order valence-corrected chi connectivity index (χ1v) is 5.74. The maximum Gasteiger partial charge on any atom is 0.339 e. The third-order valence-electron chi connectivity index (χ3n) is 2.95. The number of hydrogen-bond donors (Lipinski definition) is 1. The number of aromatic nitrogens is 3. The average molecular weight is 276 g/mol. The van der Waals surface area contributed by atoms with Gasteiger partial charge in [0.15, 0.2) is 5.82 Å². The third kappa shape index (κ3) is 2.11. The number of pyridine rings is 1. The van der Waals surface area contributed by atoms with E-state index in [-0.39, 0.29) is 11.3 Å². The second kappa shape index (κ2) is 4.72. The van der Waals surface area contributed by atoms with Crippen molar-refractivity contribution in [3.63, 3.8) is 0 Å². The smallest absolute Gasteiger partial charge is 0.339 e. The molecule has 0 atom stereocenters. The summed E-state index contributed by atoms with van der Waals surface area (Å²) in [5.41, 5.74) is 1.34. The zero-order chi connectivity index (χ0) is 15.0. The van der Waals surface area contributed by atoms with Crippen molar-refractivity contribution < 1.29 is 14.8 Å². The molecule has 0 saturated carbocycles. The lowest BCUT2D eigenvalue weighted by Crippen LogP contribution is -2.06. The Hall–Kier alpha value is -2.77. The summed E-state index contributed by atoms with van der Waals surface area (Å²) in [6.45, 7) is 4.87. The van der Waals surface area contributed by atoms with Crippen LogP contribution in [-0.2, 0) is 0 Å². The minimum Gasteiger partial charge on any atom is -0.478 e. The summed E-state index contributed by atoms with van der Waals surface area (Å²) in [7, 11) is 0. The molecule has 1 N–H and O–H groups in total. The van der Waals surface area contributed by atoms with Crippen LogP contribution >= 0.6 is 0 Å². The summed E-state index contributed by atoms with van der Waals surface area (Å²) in [5.74, 6) is -0.686. The van der Waals surface area contributed by atoms with Crippen LogP contribution in [0.2, 0.25) is 0 Å². The molecule has 0 amide bonds. The highest BCUT2D eigenvalue weighted by Gasteiger charge is 2.20. The Morgan fingerprint density at radius 2 is 2.05 bits per heavy atom. The molecule has 0 radical (unpaired) electrons. The second-order valence-electron chi connectivity index (χ2n) is 4.35. The number of rotatable bonds is 3. The minimum atomic E-state index is -1.06. The summed E-state index contributed by atoms with van der Waals surface area (Å²) in [6, 6.07) is 1.37. The fourth-order valence-electron chi connectivity index (χ4n) is 2.03. The van der Waals surface area contributed by atoms with Crippen LogP contribution in [-0.4, -0.2) is 30.8 Å². The molecule has 0 aliphatic rings. The van der Waals surface area contributed by atoms with Gasteiger partial charge in [0.2, 0.25) is 0 Å². The molecule has 0 saturated heterocycles. The third-order valence-corrected chi connectivity index (χ3v) is 2.95. The van der Waals surface area contributed by atoms with Gasteiger partial charge in [-0.3, -0.25) is 10.1 Å². The Morgan fingerprint density at radius 3 is 2.50 bits per heavy atom. The molecule has 0 bridgehead atoms. The van der Waals surface area contributed by atoms with E-state index in [1.54, 1.807) is 20.8 Å². The van der Waals surface area contributed by atoms with Gasteiger partial charge in [0.05, 0.1) is 16.3 Å². The Morgan fingerprint density at radius 1 is 1.40 bits per heavy atom. The predicted octanol–water partition coefficient (Wildman–Crippen LogP) is 1.80. The van der Waals surface area contributed by atoms with E-state index in [1.165, 1.54) is 10.7 Å². The first kappa shape index (κ1) is 13.7. The maximum atomic E-state index is 11.2. The van der Waals surface area contributed by atoms with Gasteiger partial charge in [0, 0.05) is 11.6 Å². The molecule has 0 spiro atoms. The van der Waals surface area contributed by atoms with Gasteiger partial charge < -0.3 is 5.11 Å². The summed E-state index contributed by atoms with van der Waals surface area (Å²) in [6.07, 6.45) is 1.12. The van der Waals surface area contributed by atoms with Crippen LogP contribution in [0.5, 0.6) is 0 Å². The van der Waals surface area contributed by atoms with E-state index in [9.17, 15) is 14.9 Å². The first-order valence-electron chi connectivity index (χ1n) is 5.74. The lowest BCUT2D eigenvalue weighted by Gasteiger charge is -2.06. The van der Waals surface area contributed by atoms with Crippen molar-refractivity contribution in [1.82, 2.24) is 14.8 Å². The van der Waals surface area contributed by atoms with Crippen molar-refractivity contribution in [2.24, 2.45) is 0 Å². The Kier molecular flexibility index (Phi) is 3.23. The van der Waals surface area contributed by atoms with Crippen LogP contribution in [0.4, 0.5) is 5.69 Å². The van der Waals surface area contributed by atoms with Crippen LogP contribution in [0.15, 0.2) is 12.3 Å². The van der Waals surface area contributed by atoms with Gasteiger partial charge >= 0.3 is 5.97 Å². The number of aryl methyl sites for hydroxylation is 2. The zero-order valence-corrected chi connectivity index (χ0v) is 11.1. The van der Waals surface area contributed by atoms with Gasteiger partial charge in [-0.15, -0.1) is 0 Å². The second-order valence-corrected chi connectivity index (χ2v) is 4.35. The lowest BCUT2D eigenvalue weighted by atomic mass is 10.2. The van der Waals surface area contributed by atoms with Crippen LogP contribution < -0.4 is 0 Å². The SMILES string of the molecule is Cc1cc([N+](=O)[O-])cnc1-n1nc(C)c(C(=O)O)c1C. The van der Waals surface area contributed by atoms with Crippen molar-refractivity contribution in [1.29, 1.82) is 0 Å². The number of nitrogens with zero attached hydrogens (tertiary/aromatic N) is 4. The highest BCUT2D eigenvalue weighted by Crippen LogP contribution is 2.21. The van der Waals surface area contributed by atoms with Crippen molar-refractivity contribution >= 4 is 11.7 Å². The van der Waals surface area contributed by atoms with Gasteiger partial charge in [-0.25, -0.2) is 14.5 Å². The summed E-state index contributed by atoms with van der Waals surface area (Å²) in [5, 5.41) is 24.0. The van der Waals surface area contributed by atoms with Crippen LogP contribution in [0, 0.1) is 30.9 Å². The summed E-state index contributed by atoms with van der Waals surface area (Å²) >= 11 is 0. The standard InChI is InChI=1S/C12H12N4O4/c1-6-4-9(16(19)20)5-13-11(6)15-8(3)10(12(17)18)7(2)14-15/h4-5H,1-3H3,(H,17,18). The number of carboxylic acids is 1. The molecular formula is C12H12N4O4. The number of aromatic carboxylic acids is 1. The molecule has 0 aliphatic heterocycles. The molecule has 20 heavy (non-hydrogen) atoms. The molecule has 2 rings (SSSR count). The number of nitro groups is 1. The average Bonchev–Trinajstić information content (AvgIpc) is 2.64. The van der Waals surface area contributed by atoms with E-state index in [0.717, 1.165) is 6.20 Å². The molecular weight excluding hydrogens is 264 g/mol. The van der Waals surface area contributed by atoms with Crippen molar-refractivity contribution in [3.05, 3.63) is 44.9 Å². The molecule has 0 aliphatic carbocycles. The van der Waals surface area contributed by atoms with E-state index in [0.29, 0.717) is 22.8 Å². The molecule has 2 aromatic heterocycles. The largest absolute Gasteiger partial charge is 0.478 e. The molecule has 2 heterocycles. The molecule has 2 aromatic rings. The number of carboxylic acid groups (broad SMARTS) is 1. The molecule has 0 fully saturated rings. The molecule has 104 valence electrons. The highest BCUT2D eigenvalue weighted by atomic mass is 16.6. The van der Waals surface area contributed by atoms with Gasteiger partial charge in [0.25, 0.3) is 5.69 Å². The number of carbonyl (C=O) groups is 1. The van der Waals surface area contributed by atoms with Gasteiger partial charge in [-0.05, 0) is 20.8 Å². The Bertz CT molecular complexity index is 720. The van der Waals surface area contributed by atoms with E-state index < -0.39 is 10.9 Å². The van der Waals surface area contributed by atoms with Crippen molar-refractivity contribution in [2.45, 2.75) is 20.8 Å². The van der Waals surface area contributed by atoms with Crippen molar-refractivity contribution in [3.8, 4) is 5.82 Å². The quantitative estimate of drug-likeness (QED) is 0.675. The van der Waals surface area contributed by atoms with Gasteiger partial charge in [0.1, 0.15) is 11.8 Å². The fourth-order valence-corrected chi connectivity index (χ4v) is 2.03. The maximum absolute atomic E-state index is 11.2. The normalized spacial score (nSPS) is 10.6. The Labute approximate surface area is 113 Å². The van der Waals surface area contributed by atoms with Gasteiger partial charge in [-0.1, -0.05) is 0 Å². The predicted molar refractivity (Wildman–Crippen MR) is 69.2 cm³/mol.